The molecule has 3 heteroatoms. The number of thioether (sulfide) groups is 1. The fraction of sp³-hybridized carbons (Fsp3) is 0.118. The molecule has 2 nitrogen and oxygen atoms in total. The Balaban J connectivity index is 2.23. The summed E-state index contributed by atoms with van der Waals surface area (Å²) in [5.74, 6) is 0.872. The number of allylic oxidation sites excluding steroid dienone is 1. The molecule has 0 aliphatic heterocycles. The summed E-state index contributed by atoms with van der Waals surface area (Å²) in [6.45, 7) is 1.59. The first kappa shape index (κ1) is 14.4. The lowest BCUT2D eigenvalue weighted by Crippen LogP contribution is -1.92. The van der Waals surface area contributed by atoms with Gasteiger partial charge in [0.15, 0.2) is 5.78 Å². The third-order valence-electron chi connectivity index (χ3n) is 2.73. The van der Waals surface area contributed by atoms with Gasteiger partial charge in [-0.3, -0.25) is 4.79 Å². The minimum absolute atomic E-state index is 0.0645. The second-order valence-corrected chi connectivity index (χ2v) is 5.37. The molecule has 0 fully saturated rings. The third-order valence-corrected chi connectivity index (χ3v) is 3.86. The van der Waals surface area contributed by atoms with Crippen LogP contribution in [0.5, 0.6) is 5.75 Å². The van der Waals surface area contributed by atoms with Gasteiger partial charge in [-0.25, -0.2) is 0 Å². The van der Waals surface area contributed by atoms with Crippen LogP contribution < -0.4 is 4.74 Å². The maximum atomic E-state index is 11.8. The zero-order valence-corrected chi connectivity index (χ0v) is 12.3. The summed E-state index contributed by atoms with van der Waals surface area (Å²) < 4.78 is 5.12. The Labute approximate surface area is 123 Å². The van der Waals surface area contributed by atoms with E-state index >= 15 is 0 Å². The van der Waals surface area contributed by atoms with Crippen molar-refractivity contribution >= 4 is 23.6 Å². The lowest BCUT2D eigenvalue weighted by Gasteiger charge is -2.05. The molecular formula is C17H16O2S. The highest BCUT2D eigenvalue weighted by molar-refractivity contribution is 8.04. The van der Waals surface area contributed by atoms with E-state index in [1.807, 2.05) is 60.7 Å². The van der Waals surface area contributed by atoms with Crippen molar-refractivity contribution in [2.24, 2.45) is 0 Å². The minimum atomic E-state index is 0.0645. The molecule has 0 aliphatic rings. The lowest BCUT2D eigenvalue weighted by molar-refractivity contribution is -0.112. The van der Waals surface area contributed by atoms with E-state index in [2.05, 4.69) is 0 Å². The number of ketones is 1. The highest BCUT2D eigenvalue weighted by Gasteiger charge is 2.06. The van der Waals surface area contributed by atoms with Crippen LogP contribution in [-0.2, 0) is 4.79 Å². The summed E-state index contributed by atoms with van der Waals surface area (Å²) in [7, 11) is 1.64. The van der Waals surface area contributed by atoms with Gasteiger partial charge < -0.3 is 4.74 Å². The van der Waals surface area contributed by atoms with Crippen molar-refractivity contribution in [3.63, 3.8) is 0 Å². The summed E-state index contributed by atoms with van der Waals surface area (Å²) in [6, 6.07) is 17.5. The molecule has 0 amide bonds. The Morgan fingerprint density at radius 2 is 1.70 bits per heavy atom. The van der Waals surface area contributed by atoms with Crippen molar-refractivity contribution in [1.29, 1.82) is 0 Å². The highest BCUT2D eigenvalue weighted by atomic mass is 32.2. The summed E-state index contributed by atoms with van der Waals surface area (Å²) in [5, 5.41) is 0. The average Bonchev–Trinajstić information content (AvgIpc) is 2.48. The van der Waals surface area contributed by atoms with E-state index in [4.69, 9.17) is 4.74 Å². The molecule has 0 aliphatic carbocycles. The van der Waals surface area contributed by atoms with Gasteiger partial charge in [0.2, 0.25) is 0 Å². The molecule has 0 radical (unpaired) electrons. The van der Waals surface area contributed by atoms with Crippen LogP contribution in [-0.4, -0.2) is 12.9 Å². The quantitative estimate of drug-likeness (QED) is 0.600. The Morgan fingerprint density at radius 1 is 1.05 bits per heavy atom. The topological polar surface area (TPSA) is 26.3 Å². The number of carbonyl (C=O) groups is 1. The van der Waals surface area contributed by atoms with Crippen molar-refractivity contribution < 1.29 is 9.53 Å². The van der Waals surface area contributed by atoms with E-state index < -0.39 is 0 Å². The monoisotopic (exact) mass is 284 g/mol. The molecule has 2 aromatic rings. The Morgan fingerprint density at radius 3 is 2.25 bits per heavy atom. The van der Waals surface area contributed by atoms with Gasteiger partial charge in [0, 0.05) is 4.90 Å². The number of ether oxygens (including phenoxy) is 1. The molecule has 0 heterocycles. The normalized spacial score (nSPS) is 11.2. The summed E-state index contributed by atoms with van der Waals surface area (Å²) in [5.41, 5.74) is 0.986. The standard InChI is InChI=1S/C17H16O2S/c1-13(18)17(20-16-6-4-3-5-7-16)12-14-8-10-15(19-2)11-9-14/h3-12H,1-2H3/b17-12+. The molecule has 0 N–H and O–H groups in total. The SMILES string of the molecule is COc1ccc(/C=C(/Sc2ccccc2)C(C)=O)cc1. The van der Waals surface area contributed by atoms with E-state index in [1.54, 1.807) is 14.0 Å². The molecule has 20 heavy (non-hydrogen) atoms. The second kappa shape index (κ2) is 6.96. The minimum Gasteiger partial charge on any atom is -0.497 e. The van der Waals surface area contributed by atoms with Crippen molar-refractivity contribution in [2.45, 2.75) is 11.8 Å². The zero-order chi connectivity index (χ0) is 14.4. The van der Waals surface area contributed by atoms with Crippen LogP contribution in [0.1, 0.15) is 12.5 Å². The lowest BCUT2D eigenvalue weighted by atomic mass is 10.2. The van der Waals surface area contributed by atoms with Gasteiger partial charge in [0.05, 0.1) is 12.0 Å². The van der Waals surface area contributed by atoms with Gasteiger partial charge in [0.25, 0.3) is 0 Å². The Kier molecular flexibility index (Phi) is 5.02. The fourth-order valence-corrected chi connectivity index (χ4v) is 2.56. The van der Waals surface area contributed by atoms with Gasteiger partial charge in [-0.05, 0) is 42.8 Å². The molecular weight excluding hydrogens is 268 g/mol. The fourth-order valence-electron chi connectivity index (χ4n) is 1.67. The molecule has 2 rings (SSSR count). The van der Waals surface area contributed by atoms with Crippen molar-refractivity contribution in [3.05, 3.63) is 65.1 Å². The van der Waals surface area contributed by atoms with Gasteiger partial charge >= 0.3 is 0 Å². The van der Waals surface area contributed by atoms with Gasteiger partial charge in [-0.15, -0.1) is 0 Å². The number of benzene rings is 2. The van der Waals surface area contributed by atoms with E-state index in [-0.39, 0.29) is 5.78 Å². The third kappa shape index (κ3) is 4.00. The Hall–Kier alpha value is -2.00. The van der Waals surface area contributed by atoms with Gasteiger partial charge in [-0.1, -0.05) is 42.1 Å². The number of hydrogen-bond acceptors (Lipinski definition) is 3. The first-order valence-corrected chi connectivity index (χ1v) is 7.10. The summed E-state index contributed by atoms with van der Waals surface area (Å²) in [4.78, 5) is 13.5. The molecule has 102 valence electrons. The van der Waals surface area contributed by atoms with Crippen molar-refractivity contribution in [2.75, 3.05) is 7.11 Å². The molecule has 0 aromatic heterocycles. The van der Waals surface area contributed by atoms with E-state index in [1.165, 1.54) is 11.8 Å². The number of Topliss-reactive ketones (excluding diaryl/α,β-unsaturated/α-hetero) is 1. The van der Waals surface area contributed by atoms with Crippen LogP contribution in [0.15, 0.2) is 64.4 Å². The van der Waals surface area contributed by atoms with Crippen LogP contribution in [0.3, 0.4) is 0 Å². The largest absolute Gasteiger partial charge is 0.497 e. The number of carbonyl (C=O) groups excluding carboxylic acids is 1. The summed E-state index contributed by atoms with van der Waals surface area (Å²) in [6.07, 6.45) is 1.90. The van der Waals surface area contributed by atoms with Crippen LogP contribution in [0.4, 0.5) is 0 Å². The molecule has 0 atom stereocenters. The zero-order valence-electron chi connectivity index (χ0n) is 11.5. The van der Waals surface area contributed by atoms with Crippen LogP contribution in [0.25, 0.3) is 6.08 Å². The van der Waals surface area contributed by atoms with Crippen LogP contribution in [0, 0.1) is 0 Å². The van der Waals surface area contributed by atoms with Gasteiger partial charge in [-0.2, -0.15) is 0 Å². The van der Waals surface area contributed by atoms with Crippen molar-refractivity contribution in [3.8, 4) is 5.75 Å². The Bertz CT molecular complexity index is 601. The van der Waals surface area contributed by atoms with Crippen LogP contribution in [0.2, 0.25) is 0 Å². The first-order valence-electron chi connectivity index (χ1n) is 6.28. The number of hydrogen-bond donors (Lipinski definition) is 0. The van der Waals surface area contributed by atoms with Gasteiger partial charge in [0.1, 0.15) is 5.75 Å². The predicted molar refractivity (Wildman–Crippen MR) is 84.0 cm³/mol. The predicted octanol–water partition coefficient (Wildman–Crippen LogP) is 4.42. The number of rotatable bonds is 5. The molecule has 0 saturated carbocycles. The highest BCUT2D eigenvalue weighted by Crippen LogP contribution is 2.29. The van der Waals surface area contributed by atoms with E-state index in [0.717, 1.165) is 21.1 Å². The molecule has 0 saturated heterocycles. The van der Waals surface area contributed by atoms with Crippen LogP contribution >= 0.6 is 11.8 Å². The maximum absolute atomic E-state index is 11.8. The second-order valence-electron chi connectivity index (χ2n) is 4.25. The molecule has 2 aromatic carbocycles. The smallest absolute Gasteiger partial charge is 0.166 e. The maximum Gasteiger partial charge on any atom is 0.166 e. The first-order chi connectivity index (χ1) is 9.69. The summed E-state index contributed by atoms with van der Waals surface area (Å²) >= 11 is 1.48. The average molecular weight is 284 g/mol. The molecule has 0 bridgehead atoms. The molecule has 0 unspecified atom stereocenters. The number of methoxy groups -OCH3 is 1. The van der Waals surface area contributed by atoms with Crippen molar-refractivity contribution in [1.82, 2.24) is 0 Å². The molecule has 0 spiro atoms. The van der Waals surface area contributed by atoms with E-state index in [9.17, 15) is 4.79 Å². The van der Waals surface area contributed by atoms with E-state index in [0.29, 0.717) is 0 Å².